The second-order valence-electron chi connectivity index (χ2n) is 5.76. The third kappa shape index (κ3) is 4.23. The van der Waals surface area contributed by atoms with Gasteiger partial charge in [-0.3, -0.25) is 4.79 Å². The van der Waals surface area contributed by atoms with Crippen molar-refractivity contribution in [2.24, 2.45) is 11.7 Å². The molecule has 110 valence electrons. The molecule has 0 aliphatic heterocycles. The van der Waals surface area contributed by atoms with Gasteiger partial charge in [0, 0.05) is 12.0 Å². The van der Waals surface area contributed by atoms with Crippen molar-refractivity contribution in [3.63, 3.8) is 0 Å². The predicted octanol–water partition coefficient (Wildman–Crippen LogP) is 2.01. The second-order valence-corrected chi connectivity index (χ2v) is 5.76. The van der Waals surface area contributed by atoms with E-state index in [1.807, 2.05) is 38.1 Å². The first-order valence-corrected chi connectivity index (χ1v) is 7.31. The molecule has 3 unspecified atom stereocenters. The molecule has 0 radical (unpaired) electrons. The van der Waals surface area contributed by atoms with E-state index in [9.17, 15) is 4.79 Å². The van der Waals surface area contributed by atoms with Crippen molar-refractivity contribution in [1.29, 1.82) is 0 Å². The van der Waals surface area contributed by atoms with Gasteiger partial charge in [-0.2, -0.15) is 0 Å². The van der Waals surface area contributed by atoms with E-state index in [0.717, 1.165) is 25.0 Å². The van der Waals surface area contributed by atoms with E-state index in [1.54, 1.807) is 0 Å². The van der Waals surface area contributed by atoms with E-state index in [2.05, 4.69) is 5.32 Å². The summed E-state index contributed by atoms with van der Waals surface area (Å²) in [7, 11) is 0. The maximum absolute atomic E-state index is 12.0. The van der Waals surface area contributed by atoms with Crippen LogP contribution in [0.2, 0.25) is 0 Å². The minimum absolute atomic E-state index is 0.0455. The Morgan fingerprint density at radius 2 is 2.30 bits per heavy atom. The van der Waals surface area contributed by atoms with Gasteiger partial charge in [0.15, 0.2) is 0 Å². The minimum Gasteiger partial charge on any atom is -0.489 e. The highest BCUT2D eigenvalue weighted by atomic mass is 16.5. The van der Waals surface area contributed by atoms with Crippen LogP contribution in [0.3, 0.4) is 0 Å². The molecule has 0 saturated heterocycles. The third-order valence-corrected chi connectivity index (χ3v) is 3.73. The summed E-state index contributed by atoms with van der Waals surface area (Å²) in [5, 5.41) is 2.96. The fraction of sp³-hybridized carbons (Fsp3) is 0.562. The molecule has 20 heavy (non-hydrogen) atoms. The summed E-state index contributed by atoms with van der Waals surface area (Å²) in [5.41, 5.74) is 7.00. The SMILES string of the molecule is Cc1cccc(OC(C)CNC(=O)C2CCC(N)C2)c1. The molecule has 1 amide bonds. The highest BCUT2D eigenvalue weighted by molar-refractivity contribution is 5.79. The Morgan fingerprint density at radius 1 is 1.50 bits per heavy atom. The van der Waals surface area contributed by atoms with Crippen LogP contribution in [0.4, 0.5) is 0 Å². The molecule has 1 aromatic rings. The monoisotopic (exact) mass is 276 g/mol. The van der Waals surface area contributed by atoms with Crippen LogP contribution in [0, 0.1) is 12.8 Å². The number of hydrogen-bond donors (Lipinski definition) is 2. The fourth-order valence-electron chi connectivity index (χ4n) is 2.61. The maximum atomic E-state index is 12.0. The van der Waals surface area contributed by atoms with Crippen molar-refractivity contribution in [2.45, 2.75) is 45.3 Å². The normalized spacial score (nSPS) is 23.4. The van der Waals surface area contributed by atoms with E-state index in [1.165, 1.54) is 5.56 Å². The van der Waals surface area contributed by atoms with Crippen molar-refractivity contribution < 1.29 is 9.53 Å². The zero-order chi connectivity index (χ0) is 14.5. The van der Waals surface area contributed by atoms with Gasteiger partial charge in [0.1, 0.15) is 11.9 Å². The molecule has 0 heterocycles. The Balaban J connectivity index is 1.75. The molecule has 0 spiro atoms. The molecular weight excluding hydrogens is 252 g/mol. The standard InChI is InChI=1S/C16H24N2O2/c1-11-4-3-5-15(8-11)20-12(2)10-18-16(19)13-6-7-14(17)9-13/h3-5,8,12-14H,6-7,9-10,17H2,1-2H3,(H,18,19). The number of nitrogens with one attached hydrogen (secondary N) is 1. The Kier molecular flexibility index (Phi) is 5.01. The number of rotatable bonds is 5. The van der Waals surface area contributed by atoms with E-state index < -0.39 is 0 Å². The highest BCUT2D eigenvalue weighted by Gasteiger charge is 2.27. The average Bonchev–Trinajstić information content (AvgIpc) is 2.83. The van der Waals surface area contributed by atoms with Crippen LogP contribution in [0.15, 0.2) is 24.3 Å². The van der Waals surface area contributed by atoms with E-state index in [4.69, 9.17) is 10.5 Å². The van der Waals surface area contributed by atoms with Gasteiger partial charge in [-0.1, -0.05) is 12.1 Å². The van der Waals surface area contributed by atoms with Gasteiger partial charge >= 0.3 is 0 Å². The largest absolute Gasteiger partial charge is 0.489 e. The fourth-order valence-corrected chi connectivity index (χ4v) is 2.61. The second kappa shape index (κ2) is 6.75. The summed E-state index contributed by atoms with van der Waals surface area (Å²) < 4.78 is 5.79. The summed E-state index contributed by atoms with van der Waals surface area (Å²) in [4.78, 5) is 12.0. The van der Waals surface area contributed by atoms with Crippen molar-refractivity contribution >= 4 is 5.91 Å². The van der Waals surface area contributed by atoms with Gasteiger partial charge in [-0.15, -0.1) is 0 Å². The van der Waals surface area contributed by atoms with E-state index in [-0.39, 0.29) is 24.0 Å². The van der Waals surface area contributed by atoms with Crippen molar-refractivity contribution in [3.8, 4) is 5.75 Å². The summed E-state index contributed by atoms with van der Waals surface area (Å²) in [6.45, 7) is 4.52. The zero-order valence-electron chi connectivity index (χ0n) is 12.3. The number of nitrogens with two attached hydrogens (primary N) is 1. The summed E-state index contributed by atoms with van der Waals surface area (Å²) in [6.07, 6.45) is 2.61. The molecule has 1 aliphatic carbocycles. The van der Waals surface area contributed by atoms with Crippen LogP contribution in [0.25, 0.3) is 0 Å². The Morgan fingerprint density at radius 3 is 2.95 bits per heavy atom. The number of ether oxygens (including phenoxy) is 1. The lowest BCUT2D eigenvalue weighted by molar-refractivity contribution is -0.125. The van der Waals surface area contributed by atoms with E-state index in [0.29, 0.717) is 6.54 Å². The summed E-state index contributed by atoms with van der Waals surface area (Å²) in [5.74, 6) is 1.03. The molecule has 0 aromatic heterocycles. The van der Waals surface area contributed by atoms with Crippen LogP contribution in [0.5, 0.6) is 5.75 Å². The molecule has 4 nitrogen and oxygen atoms in total. The van der Waals surface area contributed by atoms with Gasteiger partial charge in [0.25, 0.3) is 0 Å². The van der Waals surface area contributed by atoms with Gasteiger partial charge < -0.3 is 15.8 Å². The molecule has 3 atom stereocenters. The summed E-state index contributed by atoms with van der Waals surface area (Å²) >= 11 is 0. The lowest BCUT2D eigenvalue weighted by Gasteiger charge is -2.17. The van der Waals surface area contributed by atoms with Gasteiger partial charge in [0.05, 0.1) is 6.54 Å². The first-order chi connectivity index (χ1) is 9.54. The number of amides is 1. The Hall–Kier alpha value is -1.55. The average molecular weight is 276 g/mol. The quantitative estimate of drug-likeness (QED) is 0.864. The third-order valence-electron chi connectivity index (χ3n) is 3.73. The lowest BCUT2D eigenvalue weighted by atomic mass is 10.1. The Bertz CT molecular complexity index is 462. The molecular formula is C16H24N2O2. The molecule has 2 rings (SSSR count). The van der Waals surface area contributed by atoms with Gasteiger partial charge in [-0.05, 0) is 50.8 Å². The van der Waals surface area contributed by atoms with Crippen LogP contribution in [0.1, 0.15) is 31.7 Å². The lowest BCUT2D eigenvalue weighted by Crippen LogP contribution is -2.37. The number of carbonyl (C=O) groups is 1. The van der Waals surface area contributed by atoms with Gasteiger partial charge in [-0.25, -0.2) is 0 Å². The predicted molar refractivity (Wildman–Crippen MR) is 79.6 cm³/mol. The number of carbonyl (C=O) groups excluding carboxylic acids is 1. The molecule has 3 N–H and O–H groups in total. The Labute approximate surface area is 120 Å². The van der Waals surface area contributed by atoms with Crippen molar-refractivity contribution in [3.05, 3.63) is 29.8 Å². The molecule has 0 bridgehead atoms. The number of benzene rings is 1. The summed E-state index contributed by atoms with van der Waals surface area (Å²) in [6, 6.07) is 8.11. The van der Waals surface area contributed by atoms with Crippen LogP contribution in [-0.4, -0.2) is 24.6 Å². The molecule has 1 aromatic carbocycles. The van der Waals surface area contributed by atoms with E-state index >= 15 is 0 Å². The van der Waals surface area contributed by atoms with Crippen LogP contribution < -0.4 is 15.8 Å². The number of aryl methyl sites for hydroxylation is 1. The topological polar surface area (TPSA) is 64.3 Å². The zero-order valence-corrected chi connectivity index (χ0v) is 12.3. The first-order valence-electron chi connectivity index (χ1n) is 7.31. The van der Waals surface area contributed by atoms with Crippen molar-refractivity contribution in [2.75, 3.05) is 6.54 Å². The number of hydrogen-bond acceptors (Lipinski definition) is 3. The first kappa shape index (κ1) is 14.9. The highest BCUT2D eigenvalue weighted by Crippen LogP contribution is 2.24. The molecule has 1 aliphatic rings. The van der Waals surface area contributed by atoms with Crippen molar-refractivity contribution in [1.82, 2.24) is 5.32 Å². The minimum atomic E-state index is -0.0455. The molecule has 4 heteroatoms. The smallest absolute Gasteiger partial charge is 0.223 e. The van der Waals surface area contributed by atoms with Crippen LogP contribution in [-0.2, 0) is 4.79 Å². The molecule has 1 saturated carbocycles. The van der Waals surface area contributed by atoms with Gasteiger partial charge in [0.2, 0.25) is 5.91 Å². The van der Waals surface area contributed by atoms with Crippen LogP contribution >= 0.6 is 0 Å². The molecule has 1 fully saturated rings. The maximum Gasteiger partial charge on any atom is 0.223 e.